The number of carbonyl (C=O) groups is 3. The van der Waals surface area contributed by atoms with E-state index in [1.165, 1.54) is 25.9 Å². The number of nitrogens with one attached hydrogen (secondary N) is 2. The number of rotatable bonds is 8. The van der Waals surface area contributed by atoms with Gasteiger partial charge in [0, 0.05) is 102 Å². The van der Waals surface area contributed by atoms with Crippen LogP contribution in [0.5, 0.6) is 5.75 Å². The van der Waals surface area contributed by atoms with Gasteiger partial charge in [-0.2, -0.15) is 0 Å². The lowest BCUT2D eigenvalue weighted by Crippen LogP contribution is -2.58. The van der Waals surface area contributed by atoms with Gasteiger partial charge in [-0.05, 0) is 80.2 Å². The minimum Gasteiger partial charge on any atom is -0.507 e. The predicted octanol–water partition coefficient (Wildman–Crippen LogP) is 2.06. The second-order valence-corrected chi connectivity index (χ2v) is 15.8. The maximum atomic E-state index is 13.1. The molecule has 0 saturated carbocycles. The van der Waals surface area contributed by atoms with Gasteiger partial charge in [0.2, 0.25) is 11.8 Å². The third kappa shape index (κ3) is 6.98. The number of amides is 3. The first-order chi connectivity index (χ1) is 26.4. The zero-order valence-electron chi connectivity index (χ0n) is 30.8. The summed E-state index contributed by atoms with van der Waals surface area (Å²) < 4.78 is 0. The summed E-state index contributed by atoms with van der Waals surface area (Å²) >= 11 is 0. The number of nitrogens with zero attached hydrogens (tertiary/aromatic N) is 8. The highest BCUT2D eigenvalue weighted by molar-refractivity contribution is 6.05. The van der Waals surface area contributed by atoms with Crippen LogP contribution >= 0.6 is 0 Å². The number of hydrogen-bond donors (Lipinski definition) is 3. The number of aromatic nitrogens is 2. The maximum absolute atomic E-state index is 13.1. The summed E-state index contributed by atoms with van der Waals surface area (Å²) in [5, 5.41) is 25.1. The fourth-order valence-corrected chi connectivity index (χ4v) is 9.36. The standard InChI is InChI=1S/C40H50N10O4/c51-36-4-2-1-3-32(36)33-22-35-38(44-43-33)41-23-30-26-47(17-20-49(30)35)14-13-45-11-9-27(10-12-45)24-46-15-18-48(19-16-46)29-5-6-31-28(21-29)25-50(40(31)54)34-7-8-37(52)42-39(34)53/h1-6,21-22,27,30,34,51H,7-20,23-26H2,(H,41,44)(H,42,52,53)/t30-,34?/m0/s1. The van der Waals surface area contributed by atoms with E-state index in [1.807, 2.05) is 30.3 Å². The average molecular weight is 735 g/mol. The van der Waals surface area contributed by atoms with Crippen molar-refractivity contribution in [1.29, 1.82) is 0 Å². The van der Waals surface area contributed by atoms with Crippen LogP contribution in [0.3, 0.4) is 0 Å². The zero-order valence-corrected chi connectivity index (χ0v) is 30.8. The molecule has 54 heavy (non-hydrogen) atoms. The van der Waals surface area contributed by atoms with Crippen molar-refractivity contribution in [1.82, 2.24) is 35.1 Å². The molecular weight excluding hydrogens is 685 g/mol. The number of para-hydroxylation sites is 1. The number of piperazine rings is 2. The second kappa shape index (κ2) is 14.8. The van der Waals surface area contributed by atoms with Crippen LogP contribution in [-0.4, -0.2) is 150 Å². The first kappa shape index (κ1) is 34.9. The van der Waals surface area contributed by atoms with Crippen LogP contribution < -0.4 is 20.4 Å². The number of likely N-dealkylation sites (tertiary alicyclic amines) is 1. The van der Waals surface area contributed by atoms with E-state index in [2.05, 4.69) is 57.5 Å². The number of fused-ring (bicyclic) bond motifs is 4. The molecule has 2 atom stereocenters. The highest BCUT2D eigenvalue weighted by Gasteiger charge is 2.39. The van der Waals surface area contributed by atoms with Gasteiger partial charge in [-0.25, -0.2) is 0 Å². The molecule has 2 aromatic carbocycles. The Morgan fingerprint density at radius 2 is 1.57 bits per heavy atom. The Morgan fingerprint density at radius 1 is 0.778 bits per heavy atom. The van der Waals surface area contributed by atoms with Crippen LogP contribution in [0.2, 0.25) is 0 Å². The van der Waals surface area contributed by atoms with E-state index in [9.17, 15) is 19.5 Å². The fraction of sp³-hybridized carbons (Fsp3) is 0.525. The molecule has 6 aliphatic heterocycles. The van der Waals surface area contributed by atoms with Crippen molar-refractivity contribution >= 4 is 34.9 Å². The minimum atomic E-state index is -0.582. The van der Waals surface area contributed by atoms with Crippen LogP contribution in [0.4, 0.5) is 17.2 Å². The Hall–Kier alpha value is -4.79. The topological polar surface area (TPSA) is 141 Å². The SMILES string of the molecule is O=C1CCC(N2Cc3cc(N4CCN(CC5CCN(CCN6CCN7c8cc(-c9ccccc9O)nnc8NC[C@H]7C6)CC5)CC4)ccc3C2=O)C(=O)N1. The Morgan fingerprint density at radius 3 is 2.39 bits per heavy atom. The van der Waals surface area contributed by atoms with Crippen molar-refractivity contribution in [2.45, 2.75) is 44.3 Å². The Kier molecular flexibility index (Phi) is 9.58. The van der Waals surface area contributed by atoms with Crippen LogP contribution in [0.15, 0.2) is 48.5 Å². The summed E-state index contributed by atoms with van der Waals surface area (Å²) in [5.41, 5.74) is 5.24. The fourth-order valence-electron chi connectivity index (χ4n) is 9.36. The normalized spacial score (nSPS) is 24.2. The number of hydrogen-bond acceptors (Lipinski definition) is 12. The largest absolute Gasteiger partial charge is 0.507 e. The number of imide groups is 1. The second-order valence-electron chi connectivity index (χ2n) is 15.8. The van der Waals surface area contributed by atoms with Crippen molar-refractivity contribution in [3.63, 3.8) is 0 Å². The van der Waals surface area contributed by atoms with E-state index >= 15 is 0 Å². The quantitative estimate of drug-likeness (QED) is 0.292. The van der Waals surface area contributed by atoms with Crippen molar-refractivity contribution < 1.29 is 19.5 Å². The minimum absolute atomic E-state index is 0.119. The van der Waals surface area contributed by atoms with Gasteiger partial charge in [0.25, 0.3) is 5.91 Å². The number of phenolic OH excluding ortho intramolecular Hbond substituents is 1. The van der Waals surface area contributed by atoms with Crippen LogP contribution in [0.1, 0.15) is 41.6 Å². The molecule has 1 unspecified atom stereocenters. The van der Waals surface area contributed by atoms with E-state index in [1.54, 1.807) is 11.0 Å². The zero-order chi connectivity index (χ0) is 36.8. The molecule has 3 aromatic rings. The van der Waals surface area contributed by atoms with Gasteiger partial charge in [-0.15, -0.1) is 10.2 Å². The number of anilines is 3. The summed E-state index contributed by atoms with van der Waals surface area (Å²) in [5.74, 6) is 1.02. The predicted molar refractivity (Wildman–Crippen MR) is 206 cm³/mol. The summed E-state index contributed by atoms with van der Waals surface area (Å²) in [7, 11) is 0. The number of benzene rings is 2. The highest BCUT2D eigenvalue weighted by Crippen LogP contribution is 2.36. The molecule has 1 aromatic heterocycles. The Bertz CT molecular complexity index is 1910. The Balaban J connectivity index is 0.703. The molecule has 3 amide bonds. The van der Waals surface area contributed by atoms with Crippen LogP contribution in [0.25, 0.3) is 11.3 Å². The molecular formula is C40H50N10O4. The van der Waals surface area contributed by atoms with Crippen LogP contribution in [-0.2, 0) is 16.1 Å². The first-order valence-electron chi connectivity index (χ1n) is 19.7. The molecule has 7 heterocycles. The summed E-state index contributed by atoms with van der Waals surface area (Å²) in [6.07, 6.45) is 3.15. The van der Waals surface area contributed by atoms with E-state index in [4.69, 9.17) is 0 Å². The molecule has 0 radical (unpaired) electrons. The molecule has 9 rings (SSSR count). The van der Waals surface area contributed by atoms with Gasteiger partial charge < -0.3 is 30.0 Å². The molecule has 14 heteroatoms. The molecule has 0 bridgehead atoms. The third-order valence-corrected chi connectivity index (χ3v) is 12.5. The van der Waals surface area contributed by atoms with Crippen molar-refractivity contribution in [3.05, 3.63) is 59.7 Å². The highest BCUT2D eigenvalue weighted by atomic mass is 16.3. The smallest absolute Gasteiger partial charge is 0.255 e. The number of phenols is 1. The number of piperidine rings is 2. The maximum Gasteiger partial charge on any atom is 0.255 e. The number of aromatic hydroxyl groups is 1. The third-order valence-electron chi connectivity index (χ3n) is 12.5. The molecule has 284 valence electrons. The monoisotopic (exact) mass is 734 g/mol. The number of carbonyl (C=O) groups excluding carboxylic acids is 3. The summed E-state index contributed by atoms with van der Waals surface area (Å²) in [4.78, 5) is 51.6. The van der Waals surface area contributed by atoms with E-state index < -0.39 is 6.04 Å². The van der Waals surface area contributed by atoms with E-state index in [0.29, 0.717) is 35.8 Å². The van der Waals surface area contributed by atoms with Gasteiger partial charge in [-0.1, -0.05) is 12.1 Å². The molecule has 3 N–H and O–H groups in total. The summed E-state index contributed by atoms with van der Waals surface area (Å²) in [6.45, 7) is 14.0. The van der Waals surface area contributed by atoms with Crippen molar-refractivity contribution in [2.24, 2.45) is 5.92 Å². The molecule has 4 saturated heterocycles. The van der Waals surface area contributed by atoms with Gasteiger partial charge in [-0.3, -0.25) is 29.5 Å². The van der Waals surface area contributed by atoms with Gasteiger partial charge in [0.05, 0.1) is 17.4 Å². The average Bonchev–Trinajstić information content (AvgIpc) is 3.52. The van der Waals surface area contributed by atoms with Crippen molar-refractivity contribution in [3.8, 4) is 17.0 Å². The van der Waals surface area contributed by atoms with Gasteiger partial charge in [0.1, 0.15) is 11.8 Å². The van der Waals surface area contributed by atoms with Crippen molar-refractivity contribution in [2.75, 3.05) is 100 Å². The van der Waals surface area contributed by atoms with Crippen LogP contribution in [0, 0.1) is 5.92 Å². The van der Waals surface area contributed by atoms with E-state index in [0.717, 1.165) is 101 Å². The molecule has 4 fully saturated rings. The molecule has 0 spiro atoms. The first-order valence-corrected chi connectivity index (χ1v) is 19.7. The lowest BCUT2D eigenvalue weighted by Gasteiger charge is -2.46. The Labute approximate surface area is 316 Å². The molecule has 14 nitrogen and oxygen atoms in total. The van der Waals surface area contributed by atoms with E-state index in [-0.39, 0.29) is 29.9 Å². The summed E-state index contributed by atoms with van der Waals surface area (Å²) in [6, 6.07) is 15.2. The lowest BCUT2D eigenvalue weighted by molar-refractivity contribution is -0.136. The van der Waals surface area contributed by atoms with Gasteiger partial charge >= 0.3 is 0 Å². The molecule has 0 aliphatic carbocycles. The lowest BCUT2D eigenvalue weighted by atomic mass is 9.96. The molecule has 6 aliphatic rings. The van der Waals surface area contributed by atoms with Gasteiger partial charge in [0.15, 0.2) is 5.82 Å².